The van der Waals surface area contributed by atoms with Crippen LogP contribution in [-0.2, 0) is 13.0 Å². The lowest BCUT2D eigenvalue weighted by Gasteiger charge is -2.27. The number of nitrogens with one attached hydrogen (secondary N) is 2. The number of nitriles is 1. The molecular formula is C24H20N6O3. The van der Waals surface area contributed by atoms with Gasteiger partial charge in [-0.05, 0) is 48.0 Å². The number of hydrogen-bond acceptors (Lipinski definition) is 5. The van der Waals surface area contributed by atoms with Gasteiger partial charge >= 0.3 is 6.03 Å². The highest BCUT2D eigenvalue weighted by atomic mass is 16.5. The number of amides is 2. The second kappa shape index (κ2) is 8.16. The van der Waals surface area contributed by atoms with Crippen molar-refractivity contribution in [1.29, 1.82) is 5.26 Å². The number of carbonyl (C=O) groups excluding carboxylic acids is 1. The molecule has 0 unspecified atom stereocenters. The number of carbonyl (C=O) groups is 1. The Kier molecular flexibility index (Phi) is 5.03. The number of nitrogens with zero attached hydrogens (tertiary/aromatic N) is 4. The summed E-state index contributed by atoms with van der Waals surface area (Å²) in [6.45, 7) is 0.597. The fraction of sp³-hybridized carbons (Fsp3) is 0.167. The zero-order valence-corrected chi connectivity index (χ0v) is 17.8. The van der Waals surface area contributed by atoms with E-state index >= 15 is 0 Å². The second-order valence-corrected chi connectivity index (χ2v) is 7.73. The number of H-pyrrole nitrogens is 1. The summed E-state index contributed by atoms with van der Waals surface area (Å²) in [6, 6.07) is 17.8. The molecule has 2 N–H and O–H groups in total. The summed E-state index contributed by atoms with van der Waals surface area (Å²) in [7, 11) is 1.61. The molecule has 164 valence electrons. The van der Waals surface area contributed by atoms with Crippen molar-refractivity contribution in [2.45, 2.75) is 13.0 Å². The molecule has 0 fully saturated rings. The number of hydrogen-bond donors (Lipinski definition) is 2. The molecule has 9 heteroatoms. The molecule has 2 amide bonds. The molecule has 2 aromatic carbocycles. The largest absolute Gasteiger partial charge is 0.497 e. The third-order valence-electron chi connectivity index (χ3n) is 5.69. The molecule has 1 aliphatic heterocycles. The molecule has 2 aromatic heterocycles. The fourth-order valence-electron chi connectivity index (χ4n) is 3.94. The van der Waals surface area contributed by atoms with Gasteiger partial charge in [0.2, 0.25) is 0 Å². The van der Waals surface area contributed by atoms with E-state index in [4.69, 9.17) is 10.00 Å². The summed E-state index contributed by atoms with van der Waals surface area (Å²) in [4.78, 5) is 32.2. The van der Waals surface area contributed by atoms with E-state index in [0.717, 1.165) is 17.0 Å². The van der Waals surface area contributed by atoms with Crippen LogP contribution in [0.5, 0.6) is 5.75 Å². The first kappa shape index (κ1) is 20.3. The summed E-state index contributed by atoms with van der Waals surface area (Å²) in [6.07, 6.45) is 0.482. The number of aromatic nitrogens is 3. The number of methoxy groups -OCH3 is 1. The van der Waals surface area contributed by atoms with E-state index < -0.39 is 0 Å². The van der Waals surface area contributed by atoms with Crippen LogP contribution in [0.4, 0.5) is 10.5 Å². The van der Waals surface area contributed by atoms with Gasteiger partial charge in [0.25, 0.3) is 5.56 Å². The second-order valence-electron chi connectivity index (χ2n) is 7.73. The average molecular weight is 440 g/mol. The first-order valence-electron chi connectivity index (χ1n) is 10.4. The predicted octanol–water partition coefficient (Wildman–Crippen LogP) is 3.16. The van der Waals surface area contributed by atoms with E-state index in [1.54, 1.807) is 36.3 Å². The molecule has 0 bridgehead atoms. The quantitative estimate of drug-likeness (QED) is 0.508. The normalized spacial score (nSPS) is 12.8. The van der Waals surface area contributed by atoms with E-state index in [1.165, 1.54) is 4.52 Å². The van der Waals surface area contributed by atoms with Gasteiger partial charge in [-0.15, -0.1) is 0 Å². The summed E-state index contributed by atoms with van der Waals surface area (Å²) >= 11 is 0. The van der Waals surface area contributed by atoms with Crippen LogP contribution in [-0.4, -0.2) is 39.2 Å². The van der Waals surface area contributed by atoms with Crippen molar-refractivity contribution in [3.63, 3.8) is 0 Å². The lowest BCUT2D eigenvalue weighted by atomic mass is 10.1. The molecule has 0 aliphatic carbocycles. The molecule has 0 saturated heterocycles. The molecule has 0 saturated carbocycles. The minimum absolute atomic E-state index is 0.158. The molecule has 1 aliphatic rings. The third kappa shape index (κ3) is 3.78. The Morgan fingerprint density at radius 1 is 1.21 bits per heavy atom. The fourth-order valence-corrected chi connectivity index (χ4v) is 3.94. The Balaban J connectivity index is 1.41. The first-order valence-corrected chi connectivity index (χ1v) is 10.4. The SMILES string of the molecule is COc1ccc(-c2cc3nc4c(c(=O)n3[nH]2)CN(C(=O)Nc2cccc(C#N)c2)CC4)cc1. The van der Waals surface area contributed by atoms with Gasteiger partial charge < -0.3 is 15.0 Å². The first-order chi connectivity index (χ1) is 16.1. The van der Waals surface area contributed by atoms with Crippen molar-refractivity contribution >= 4 is 17.4 Å². The van der Waals surface area contributed by atoms with Crippen molar-refractivity contribution < 1.29 is 9.53 Å². The minimum atomic E-state index is -0.328. The van der Waals surface area contributed by atoms with Crippen molar-refractivity contribution in [1.82, 2.24) is 19.5 Å². The number of anilines is 1. The van der Waals surface area contributed by atoms with Gasteiger partial charge in [-0.1, -0.05) is 6.07 Å². The van der Waals surface area contributed by atoms with Gasteiger partial charge in [-0.25, -0.2) is 14.3 Å². The molecule has 0 spiro atoms. The molecule has 0 radical (unpaired) electrons. The maximum Gasteiger partial charge on any atom is 0.322 e. The van der Waals surface area contributed by atoms with E-state index in [1.807, 2.05) is 30.3 Å². The molecule has 3 heterocycles. The van der Waals surface area contributed by atoms with E-state index in [-0.39, 0.29) is 18.1 Å². The number of aromatic amines is 1. The highest BCUT2D eigenvalue weighted by Crippen LogP contribution is 2.23. The molecule has 9 nitrogen and oxygen atoms in total. The van der Waals surface area contributed by atoms with Gasteiger partial charge in [-0.2, -0.15) is 5.26 Å². The average Bonchev–Trinajstić information content (AvgIpc) is 3.28. The van der Waals surface area contributed by atoms with Crippen molar-refractivity contribution in [3.05, 3.63) is 81.8 Å². The van der Waals surface area contributed by atoms with Crippen LogP contribution in [0.2, 0.25) is 0 Å². The van der Waals surface area contributed by atoms with Gasteiger partial charge in [0.1, 0.15) is 5.75 Å². The van der Waals surface area contributed by atoms with Crippen LogP contribution < -0.4 is 15.6 Å². The Bertz CT molecular complexity index is 1460. The van der Waals surface area contributed by atoms with Gasteiger partial charge in [0.15, 0.2) is 5.65 Å². The highest BCUT2D eigenvalue weighted by molar-refractivity contribution is 5.89. The van der Waals surface area contributed by atoms with Crippen molar-refractivity contribution in [2.24, 2.45) is 0 Å². The summed E-state index contributed by atoms with van der Waals surface area (Å²) in [5.74, 6) is 0.748. The third-order valence-corrected chi connectivity index (χ3v) is 5.69. The number of benzene rings is 2. The molecular weight excluding hydrogens is 420 g/mol. The zero-order valence-electron chi connectivity index (χ0n) is 17.8. The van der Waals surface area contributed by atoms with Crippen LogP contribution in [0.15, 0.2) is 59.4 Å². The van der Waals surface area contributed by atoms with Gasteiger partial charge in [0, 0.05) is 24.7 Å². The number of fused-ring (bicyclic) bond motifs is 2. The van der Waals surface area contributed by atoms with Gasteiger partial charge in [0.05, 0.1) is 42.2 Å². The van der Waals surface area contributed by atoms with E-state index in [9.17, 15) is 9.59 Å². The monoisotopic (exact) mass is 440 g/mol. The van der Waals surface area contributed by atoms with Crippen LogP contribution in [0.25, 0.3) is 16.9 Å². The molecule has 4 aromatic rings. The Labute approximate surface area is 188 Å². The Hall–Kier alpha value is -4.58. The molecule has 5 rings (SSSR count). The number of ether oxygens (including phenoxy) is 1. The van der Waals surface area contributed by atoms with Crippen molar-refractivity contribution in [2.75, 3.05) is 19.0 Å². The summed E-state index contributed by atoms with van der Waals surface area (Å²) in [5.41, 5.74) is 4.16. The lowest BCUT2D eigenvalue weighted by Crippen LogP contribution is -2.42. The van der Waals surface area contributed by atoms with E-state index in [2.05, 4.69) is 21.5 Å². The molecule has 33 heavy (non-hydrogen) atoms. The predicted molar refractivity (Wildman–Crippen MR) is 122 cm³/mol. The van der Waals surface area contributed by atoms with Crippen molar-refractivity contribution in [3.8, 4) is 23.1 Å². The van der Waals surface area contributed by atoms with E-state index in [0.29, 0.717) is 41.1 Å². The van der Waals surface area contributed by atoms with Crippen LogP contribution in [0.3, 0.4) is 0 Å². The highest BCUT2D eigenvalue weighted by Gasteiger charge is 2.25. The maximum atomic E-state index is 13.2. The summed E-state index contributed by atoms with van der Waals surface area (Å²) in [5, 5.41) is 15.0. The molecule has 0 atom stereocenters. The topological polar surface area (TPSA) is 116 Å². The lowest BCUT2D eigenvalue weighted by molar-refractivity contribution is 0.205. The van der Waals surface area contributed by atoms with Crippen LogP contribution in [0.1, 0.15) is 16.8 Å². The maximum absolute atomic E-state index is 13.2. The summed E-state index contributed by atoms with van der Waals surface area (Å²) < 4.78 is 6.61. The Morgan fingerprint density at radius 3 is 2.79 bits per heavy atom. The van der Waals surface area contributed by atoms with Crippen LogP contribution >= 0.6 is 0 Å². The minimum Gasteiger partial charge on any atom is -0.497 e. The standard InChI is InChI=1S/C24H20N6O3/c1-33-18-7-5-16(6-8-18)21-12-22-27-20-9-10-29(14-19(20)23(31)30(22)28-21)24(32)26-17-4-2-3-15(11-17)13-25/h2-8,11-12,28H,9-10,14H2,1H3,(H,26,32). The van der Waals surface area contributed by atoms with Gasteiger partial charge in [-0.3, -0.25) is 9.89 Å². The number of urea groups is 1. The smallest absolute Gasteiger partial charge is 0.322 e. The Morgan fingerprint density at radius 2 is 2.03 bits per heavy atom. The van der Waals surface area contributed by atoms with Crippen LogP contribution in [0, 0.1) is 11.3 Å². The zero-order chi connectivity index (χ0) is 22.9. The number of rotatable bonds is 3.